The SMILES string of the molecule is C.CC12CCC(CCOS(C)(=O)=O)(O1)[C@H]1C(=O)N(c3ccc(C#N)c4ccccc34)C(=O)[C@H]12.P.P. The summed E-state index contributed by atoms with van der Waals surface area (Å²) in [6, 6.07) is 12.6. The van der Waals surface area contributed by atoms with E-state index in [1.54, 1.807) is 36.4 Å². The van der Waals surface area contributed by atoms with E-state index in [4.69, 9.17) is 8.92 Å². The Morgan fingerprint density at radius 3 is 2.34 bits per heavy atom. The largest absolute Gasteiger partial charge is 0.367 e. The first-order valence-corrected chi connectivity index (χ1v) is 12.3. The van der Waals surface area contributed by atoms with E-state index in [-0.39, 0.29) is 52.1 Å². The molecule has 3 heterocycles. The Bertz CT molecular complexity index is 1330. The maximum absolute atomic E-state index is 13.7. The van der Waals surface area contributed by atoms with Crippen molar-refractivity contribution in [3.63, 3.8) is 0 Å². The molecule has 2 bridgehead atoms. The molecule has 8 nitrogen and oxygen atoms in total. The number of anilines is 1. The number of benzene rings is 2. The van der Waals surface area contributed by atoms with Gasteiger partial charge in [0, 0.05) is 17.2 Å². The Hall–Kier alpha value is -1.94. The number of carbonyl (C=O) groups excluding carboxylic acids is 2. The fourth-order valence-electron chi connectivity index (χ4n) is 5.79. The Labute approximate surface area is 212 Å². The number of carbonyl (C=O) groups is 2. The second-order valence-corrected chi connectivity index (χ2v) is 10.7. The van der Waals surface area contributed by atoms with Gasteiger partial charge in [0.2, 0.25) is 11.8 Å². The summed E-state index contributed by atoms with van der Waals surface area (Å²) in [6.07, 6.45) is 2.34. The minimum Gasteiger partial charge on any atom is -0.367 e. The molecule has 35 heavy (non-hydrogen) atoms. The lowest BCUT2D eigenvalue weighted by molar-refractivity contribution is -0.131. The lowest BCUT2D eigenvalue weighted by Crippen LogP contribution is -2.43. The summed E-state index contributed by atoms with van der Waals surface area (Å²) < 4.78 is 34.0. The second kappa shape index (κ2) is 9.84. The summed E-state index contributed by atoms with van der Waals surface area (Å²) in [5.74, 6) is -2.01. The van der Waals surface area contributed by atoms with Gasteiger partial charge in [0.05, 0.1) is 53.2 Å². The summed E-state index contributed by atoms with van der Waals surface area (Å²) in [6.45, 7) is 1.74. The monoisotopic (exact) mass is 538 g/mol. The van der Waals surface area contributed by atoms with Gasteiger partial charge in [-0.05, 0) is 31.9 Å². The van der Waals surface area contributed by atoms with Gasteiger partial charge < -0.3 is 4.74 Å². The number of rotatable bonds is 5. The van der Waals surface area contributed by atoms with E-state index in [1.807, 2.05) is 6.92 Å². The van der Waals surface area contributed by atoms with Crippen LogP contribution in [-0.4, -0.2) is 44.3 Å². The molecule has 2 aromatic rings. The van der Waals surface area contributed by atoms with E-state index >= 15 is 0 Å². The van der Waals surface area contributed by atoms with E-state index in [9.17, 15) is 23.3 Å². The third-order valence-electron chi connectivity index (χ3n) is 7.10. The number of nitriles is 1. The molecule has 2 aromatic carbocycles. The third-order valence-corrected chi connectivity index (χ3v) is 7.69. The summed E-state index contributed by atoms with van der Waals surface area (Å²) in [5.41, 5.74) is -0.809. The highest BCUT2D eigenvalue weighted by atomic mass is 32.2. The van der Waals surface area contributed by atoms with Crippen LogP contribution in [0.5, 0.6) is 0 Å². The number of imide groups is 1. The number of hydrogen-bond donors (Lipinski definition) is 0. The van der Waals surface area contributed by atoms with Crippen molar-refractivity contribution in [2.24, 2.45) is 11.8 Å². The molecule has 5 rings (SSSR count). The molecule has 3 fully saturated rings. The number of fused-ring (bicyclic) bond motifs is 6. The molecule has 0 N–H and O–H groups in total. The van der Waals surface area contributed by atoms with E-state index in [2.05, 4.69) is 6.07 Å². The molecule has 0 spiro atoms. The smallest absolute Gasteiger partial charge is 0.264 e. The van der Waals surface area contributed by atoms with Crippen LogP contribution in [0.15, 0.2) is 36.4 Å². The van der Waals surface area contributed by atoms with Crippen LogP contribution < -0.4 is 4.90 Å². The summed E-state index contributed by atoms with van der Waals surface area (Å²) in [7, 11) is -3.63. The molecular formula is C24H32N2O6P2S. The average Bonchev–Trinajstić information content (AvgIpc) is 3.31. The Morgan fingerprint density at radius 2 is 1.71 bits per heavy atom. The number of ether oxygens (including phenoxy) is 1. The van der Waals surface area contributed by atoms with Gasteiger partial charge in [-0.3, -0.25) is 13.8 Å². The lowest BCUT2D eigenvalue weighted by Gasteiger charge is -2.30. The van der Waals surface area contributed by atoms with Gasteiger partial charge >= 0.3 is 0 Å². The van der Waals surface area contributed by atoms with Crippen LogP contribution >= 0.6 is 19.8 Å². The van der Waals surface area contributed by atoms with Gasteiger partial charge in [-0.25, -0.2) is 4.90 Å². The summed E-state index contributed by atoms with van der Waals surface area (Å²) in [5, 5.41) is 10.8. The van der Waals surface area contributed by atoms with E-state index in [0.717, 1.165) is 6.26 Å². The number of hydrogen-bond acceptors (Lipinski definition) is 7. The van der Waals surface area contributed by atoms with Gasteiger partial charge in [0.1, 0.15) is 0 Å². The molecule has 0 saturated carbocycles. The molecule has 4 unspecified atom stereocenters. The van der Waals surface area contributed by atoms with Crippen LogP contribution in [0, 0.1) is 23.2 Å². The third kappa shape index (κ3) is 4.41. The lowest BCUT2D eigenvalue weighted by atomic mass is 9.67. The van der Waals surface area contributed by atoms with Gasteiger partial charge in [-0.15, -0.1) is 0 Å². The van der Waals surface area contributed by atoms with E-state index in [1.165, 1.54) is 4.90 Å². The fraction of sp³-hybridized carbons (Fsp3) is 0.458. The zero-order valence-corrected chi connectivity index (χ0v) is 22.8. The van der Waals surface area contributed by atoms with Crippen LogP contribution in [0.25, 0.3) is 10.8 Å². The van der Waals surface area contributed by atoms with Crippen molar-refractivity contribution in [2.75, 3.05) is 17.8 Å². The second-order valence-electron chi connectivity index (χ2n) is 9.01. The predicted molar refractivity (Wildman–Crippen MR) is 144 cm³/mol. The molecule has 3 aliphatic heterocycles. The standard InChI is InChI=1S/C23H22N2O6S.CH4.2H3P/c1-22-9-10-23(31-22,11-12-30-32(2,28)29)19-18(22)20(26)25(21(19)27)17-8-7-14(13-24)15-5-3-4-6-16(15)17;;;/h3-8,18-19H,9-12H2,1-2H3;1H4;2*1H3/t18-,19+,22?,23?;;;/m0.../s1. The molecule has 3 aliphatic rings. The van der Waals surface area contributed by atoms with Crippen molar-refractivity contribution in [3.05, 3.63) is 42.0 Å². The summed E-state index contributed by atoms with van der Waals surface area (Å²) >= 11 is 0. The highest BCUT2D eigenvalue weighted by Gasteiger charge is 2.73. The van der Waals surface area contributed by atoms with Crippen molar-refractivity contribution in [1.29, 1.82) is 5.26 Å². The van der Waals surface area contributed by atoms with Crippen LogP contribution in [-0.2, 0) is 28.6 Å². The normalized spacial score (nSPS) is 28.7. The molecule has 3 saturated heterocycles. The highest BCUT2D eigenvalue weighted by molar-refractivity contribution is 7.85. The minimum atomic E-state index is -3.63. The van der Waals surface area contributed by atoms with Crippen LogP contribution in [0.1, 0.15) is 39.2 Å². The van der Waals surface area contributed by atoms with Crippen molar-refractivity contribution in [1.82, 2.24) is 0 Å². The molecule has 0 radical (unpaired) electrons. The number of amides is 2. The topological polar surface area (TPSA) is 114 Å². The summed E-state index contributed by atoms with van der Waals surface area (Å²) in [4.78, 5) is 28.5. The van der Waals surface area contributed by atoms with Crippen LogP contribution in [0.4, 0.5) is 5.69 Å². The Balaban J connectivity index is 0.00000144. The van der Waals surface area contributed by atoms with Gasteiger partial charge in [-0.1, -0.05) is 31.7 Å². The van der Waals surface area contributed by atoms with Crippen molar-refractivity contribution in [3.8, 4) is 6.07 Å². The first kappa shape index (κ1) is 29.3. The van der Waals surface area contributed by atoms with E-state index < -0.39 is 33.2 Å². The zero-order chi connectivity index (χ0) is 22.9. The molecule has 11 heteroatoms. The van der Waals surface area contributed by atoms with Gasteiger partial charge in [0.25, 0.3) is 10.1 Å². The Morgan fingerprint density at radius 1 is 1.09 bits per heavy atom. The molecule has 0 aliphatic carbocycles. The number of nitrogens with zero attached hydrogens (tertiary/aromatic N) is 2. The quantitative estimate of drug-likeness (QED) is 0.326. The van der Waals surface area contributed by atoms with Crippen LogP contribution in [0.2, 0.25) is 0 Å². The average molecular weight is 539 g/mol. The van der Waals surface area contributed by atoms with Gasteiger partial charge in [-0.2, -0.15) is 33.5 Å². The first-order valence-electron chi connectivity index (χ1n) is 10.4. The first-order chi connectivity index (χ1) is 15.1. The molecule has 190 valence electrons. The molecular weight excluding hydrogens is 506 g/mol. The predicted octanol–water partition coefficient (Wildman–Crippen LogP) is 3.26. The van der Waals surface area contributed by atoms with Gasteiger partial charge in [0.15, 0.2) is 0 Å². The van der Waals surface area contributed by atoms with Crippen LogP contribution in [0.3, 0.4) is 0 Å². The maximum atomic E-state index is 13.7. The van der Waals surface area contributed by atoms with E-state index in [0.29, 0.717) is 34.9 Å². The molecule has 6 atom stereocenters. The minimum absolute atomic E-state index is 0. The molecule has 0 aromatic heterocycles. The maximum Gasteiger partial charge on any atom is 0.264 e. The zero-order valence-electron chi connectivity index (χ0n) is 19.1. The highest BCUT2D eigenvalue weighted by Crippen LogP contribution is 2.62. The fourth-order valence-corrected chi connectivity index (χ4v) is 6.18. The molecule has 2 amide bonds. The van der Waals surface area contributed by atoms with Crippen molar-refractivity contribution >= 4 is 58.2 Å². The Kier molecular flexibility index (Phi) is 8.24. The van der Waals surface area contributed by atoms with Crippen molar-refractivity contribution < 1.29 is 26.9 Å². The van der Waals surface area contributed by atoms with Crippen molar-refractivity contribution in [2.45, 2.75) is 44.8 Å².